The van der Waals surface area contributed by atoms with Crippen molar-refractivity contribution >= 4 is 11.6 Å². The number of allylic oxidation sites excluding steroid dienone is 2. The van der Waals surface area contributed by atoms with E-state index in [1.165, 1.54) is 6.92 Å². The summed E-state index contributed by atoms with van der Waals surface area (Å²) in [5.74, 6) is 0. The molecule has 0 heterocycles. The lowest BCUT2D eigenvalue weighted by atomic mass is 10.0. The molecule has 0 aromatic carbocycles. The Hall–Kier alpha value is -0.310. The van der Waals surface area contributed by atoms with E-state index >= 15 is 0 Å². The molecule has 0 fully saturated rings. The Morgan fingerprint density at radius 1 is 1.46 bits per heavy atom. The third-order valence-corrected chi connectivity index (χ3v) is 2.23. The van der Waals surface area contributed by atoms with Crippen molar-refractivity contribution in [3.63, 3.8) is 0 Å². The largest absolute Gasteiger partial charge is 0.390 e. The zero-order chi connectivity index (χ0) is 10.4. The van der Waals surface area contributed by atoms with Crippen LogP contribution in [0.5, 0.6) is 0 Å². The number of aliphatic hydroxyl groups is 2. The van der Waals surface area contributed by atoms with Crippen LogP contribution in [0.1, 0.15) is 27.2 Å². The second kappa shape index (κ2) is 6.19. The fourth-order valence-corrected chi connectivity index (χ4v) is 1.17. The van der Waals surface area contributed by atoms with E-state index in [1.807, 2.05) is 13.8 Å². The van der Waals surface area contributed by atoms with Crippen molar-refractivity contribution in [3.05, 3.63) is 22.8 Å². The van der Waals surface area contributed by atoms with E-state index in [1.54, 1.807) is 12.2 Å². The van der Waals surface area contributed by atoms with E-state index in [9.17, 15) is 10.2 Å². The van der Waals surface area contributed by atoms with Gasteiger partial charge in [0.15, 0.2) is 0 Å². The number of aliphatic hydroxyl groups excluding tert-OH is 2. The molecule has 0 radical (unpaired) electrons. The second-order valence-corrected chi connectivity index (χ2v) is 3.36. The van der Waals surface area contributed by atoms with E-state index < -0.39 is 12.2 Å². The molecule has 76 valence electrons. The van der Waals surface area contributed by atoms with Gasteiger partial charge in [-0.2, -0.15) is 0 Å². The van der Waals surface area contributed by atoms with Crippen molar-refractivity contribution in [1.82, 2.24) is 0 Å². The SMILES string of the molecule is C/C=C\C(=C(\Cl)CC)[C@@H](O)[C@@H](C)O. The van der Waals surface area contributed by atoms with Gasteiger partial charge in [-0.25, -0.2) is 0 Å². The molecular formula is C10H17ClO2. The van der Waals surface area contributed by atoms with Crippen LogP contribution in [0.3, 0.4) is 0 Å². The van der Waals surface area contributed by atoms with Crippen LogP contribution < -0.4 is 0 Å². The molecule has 3 heteroatoms. The number of hydrogen-bond donors (Lipinski definition) is 2. The molecule has 2 atom stereocenters. The summed E-state index contributed by atoms with van der Waals surface area (Å²) in [7, 11) is 0. The van der Waals surface area contributed by atoms with Gasteiger partial charge < -0.3 is 10.2 Å². The van der Waals surface area contributed by atoms with Gasteiger partial charge in [-0.1, -0.05) is 30.7 Å². The van der Waals surface area contributed by atoms with Crippen molar-refractivity contribution in [2.45, 2.75) is 39.4 Å². The lowest BCUT2D eigenvalue weighted by Crippen LogP contribution is -2.24. The smallest absolute Gasteiger partial charge is 0.106 e. The molecule has 0 rings (SSSR count). The van der Waals surface area contributed by atoms with Crippen LogP contribution in [-0.2, 0) is 0 Å². The van der Waals surface area contributed by atoms with E-state index in [0.717, 1.165) is 0 Å². The molecule has 0 bridgehead atoms. The molecule has 0 aromatic heterocycles. The predicted molar refractivity (Wildman–Crippen MR) is 55.7 cm³/mol. The van der Waals surface area contributed by atoms with Gasteiger partial charge in [-0.3, -0.25) is 0 Å². The minimum atomic E-state index is -0.899. The summed E-state index contributed by atoms with van der Waals surface area (Å²) >= 11 is 5.91. The Labute approximate surface area is 84.5 Å². The van der Waals surface area contributed by atoms with Crippen LogP contribution in [0.15, 0.2) is 22.8 Å². The third-order valence-electron chi connectivity index (χ3n) is 1.75. The first-order valence-electron chi connectivity index (χ1n) is 4.41. The van der Waals surface area contributed by atoms with Gasteiger partial charge in [-0.05, 0) is 25.8 Å². The Balaban J connectivity index is 4.81. The molecular weight excluding hydrogens is 188 g/mol. The van der Waals surface area contributed by atoms with Gasteiger partial charge in [0.25, 0.3) is 0 Å². The maximum absolute atomic E-state index is 9.58. The fourth-order valence-electron chi connectivity index (χ4n) is 0.993. The highest BCUT2D eigenvalue weighted by atomic mass is 35.5. The van der Waals surface area contributed by atoms with Gasteiger partial charge in [0.2, 0.25) is 0 Å². The van der Waals surface area contributed by atoms with Crippen molar-refractivity contribution in [3.8, 4) is 0 Å². The van der Waals surface area contributed by atoms with Gasteiger partial charge in [0.1, 0.15) is 6.10 Å². The molecule has 13 heavy (non-hydrogen) atoms. The fraction of sp³-hybridized carbons (Fsp3) is 0.600. The molecule has 0 aliphatic rings. The molecule has 0 aliphatic carbocycles. The lowest BCUT2D eigenvalue weighted by molar-refractivity contribution is 0.0564. The summed E-state index contributed by atoms with van der Waals surface area (Å²) in [5, 5.41) is 19.4. The van der Waals surface area contributed by atoms with Gasteiger partial charge >= 0.3 is 0 Å². The van der Waals surface area contributed by atoms with Crippen molar-refractivity contribution in [2.24, 2.45) is 0 Å². The second-order valence-electron chi connectivity index (χ2n) is 2.90. The third kappa shape index (κ3) is 3.94. The van der Waals surface area contributed by atoms with Gasteiger partial charge in [0.05, 0.1) is 6.10 Å². The maximum Gasteiger partial charge on any atom is 0.106 e. The topological polar surface area (TPSA) is 40.5 Å². The van der Waals surface area contributed by atoms with Crippen LogP contribution in [0, 0.1) is 0 Å². The molecule has 0 saturated heterocycles. The van der Waals surface area contributed by atoms with Crippen LogP contribution in [-0.4, -0.2) is 22.4 Å². The first kappa shape index (κ1) is 12.7. The molecule has 0 aliphatic heterocycles. The average Bonchev–Trinajstić information content (AvgIpc) is 2.11. The Morgan fingerprint density at radius 2 is 2.00 bits per heavy atom. The summed E-state index contributed by atoms with van der Waals surface area (Å²) in [6.45, 7) is 5.28. The van der Waals surface area contributed by atoms with Gasteiger partial charge in [0, 0.05) is 5.03 Å². The lowest BCUT2D eigenvalue weighted by Gasteiger charge is -2.16. The molecule has 0 spiro atoms. The minimum absolute atomic E-state index is 0.589. The maximum atomic E-state index is 9.58. The standard InChI is InChI=1S/C10H17ClO2/c1-4-6-8(9(11)5-2)10(13)7(3)12/h4,6-7,10,12-13H,5H2,1-3H3/b6-4-,9-8-/t7-,10+/m1/s1. The highest BCUT2D eigenvalue weighted by Gasteiger charge is 2.16. The summed E-state index contributed by atoms with van der Waals surface area (Å²) in [6.07, 6.45) is 2.47. The van der Waals surface area contributed by atoms with Crippen molar-refractivity contribution in [2.75, 3.05) is 0 Å². The molecule has 0 aromatic rings. The molecule has 0 amide bonds. The molecule has 0 saturated carbocycles. The number of rotatable bonds is 4. The van der Waals surface area contributed by atoms with Crippen LogP contribution in [0.2, 0.25) is 0 Å². The Morgan fingerprint density at radius 3 is 2.31 bits per heavy atom. The first-order valence-corrected chi connectivity index (χ1v) is 4.79. The number of hydrogen-bond acceptors (Lipinski definition) is 2. The molecule has 0 unspecified atom stereocenters. The van der Waals surface area contributed by atoms with Crippen LogP contribution in [0.4, 0.5) is 0 Å². The van der Waals surface area contributed by atoms with E-state index in [4.69, 9.17) is 11.6 Å². The quantitative estimate of drug-likeness (QED) is 0.690. The zero-order valence-electron chi connectivity index (χ0n) is 8.29. The highest BCUT2D eigenvalue weighted by molar-refractivity contribution is 6.30. The van der Waals surface area contributed by atoms with E-state index in [2.05, 4.69) is 0 Å². The number of halogens is 1. The van der Waals surface area contributed by atoms with Gasteiger partial charge in [-0.15, -0.1) is 0 Å². The Bertz CT molecular complexity index is 207. The predicted octanol–water partition coefficient (Wildman–Crippen LogP) is 2.21. The summed E-state index contributed by atoms with van der Waals surface area (Å²) in [6, 6.07) is 0. The zero-order valence-corrected chi connectivity index (χ0v) is 9.04. The Kier molecular flexibility index (Phi) is 6.04. The first-order chi connectivity index (χ1) is 6.04. The van der Waals surface area contributed by atoms with E-state index in [0.29, 0.717) is 17.0 Å². The normalized spacial score (nSPS) is 18.6. The van der Waals surface area contributed by atoms with Crippen molar-refractivity contribution < 1.29 is 10.2 Å². The summed E-state index contributed by atoms with van der Waals surface area (Å²) < 4.78 is 0. The highest BCUT2D eigenvalue weighted by Crippen LogP contribution is 2.19. The van der Waals surface area contributed by atoms with Crippen LogP contribution >= 0.6 is 11.6 Å². The summed E-state index contributed by atoms with van der Waals surface area (Å²) in [4.78, 5) is 0. The monoisotopic (exact) mass is 204 g/mol. The minimum Gasteiger partial charge on any atom is -0.390 e. The average molecular weight is 205 g/mol. The molecule has 2 nitrogen and oxygen atoms in total. The van der Waals surface area contributed by atoms with E-state index in [-0.39, 0.29) is 0 Å². The molecule has 2 N–H and O–H groups in total. The summed E-state index contributed by atoms with van der Waals surface area (Å²) in [5.41, 5.74) is 0.599. The van der Waals surface area contributed by atoms with Crippen molar-refractivity contribution in [1.29, 1.82) is 0 Å². The van der Waals surface area contributed by atoms with Crippen LogP contribution in [0.25, 0.3) is 0 Å².